The average Bonchev–Trinajstić information content (AvgIpc) is 2.63. The molecule has 21 heavy (non-hydrogen) atoms. The fourth-order valence-corrected chi connectivity index (χ4v) is 2.91. The van der Waals surface area contributed by atoms with Crippen molar-refractivity contribution in [2.24, 2.45) is 5.92 Å². The molecule has 0 saturated heterocycles. The Bertz CT molecular complexity index is 763. The molecular weight excluding hydrogens is 309 g/mol. The monoisotopic (exact) mass is 320 g/mol. The zero-order chi connectivity index (χ0) is 15.9. The third-order valence-corrected chi connectivity index (χ3v) is 4.34. The minimum absolute atomic E-state index is 0.242. The molecule has 0 radical (unpaired) electrons. The highest BCUT2D eigenvalue weighted by atomic mass is 32.1. The first kappa shape index (κ1) is 15.5. The van der Waals surface area contributed by atoms with Crippen LogP contribution in [0.15, 0.2) is 11.1 Å². The Morgan fingerprint density at radius 2 is 2.10 bits per heavy atom. The summed E-state index contributed by atoms with van der Waals surface area (Å²) in [5.41, 5.74) is -0.00177. The van der Waals surface area contributed by atoms with Crippen molar-refractivity contribution in [1.29, 1.82) is 0 Å². The van der Waals surface area contributed by atoms with Gasteiger partial charge < -0.3 is 5.11 Å². The molecular formula is C12H11F3N2O3S. The highest BCUT2D eigenvalue weighted by Gasteiger charge is 2.45. The summed E-state index contributed by atoms with van der Waals surface area (Å²) in [5.74, 6) is -4.66. The van der Waals surface area contributed by atoms with E-state index in [2.05, 4.69) is 4.98 Å². The number of carboxylic acid groups (broad SMARTS) is 1. The smallest absolute Gasteiger partial charge is 0.403 e. The third kappa shape index (κ3) is 2.78. The minimum atomic E-state index is -4.93. The van der Waals surface area contributed by atoms with Crippen molar-refractivity contribution in [2.75, 3.05) is 0 Å². The first-order chi connectivity index (χ1) is 9.62. The fraction of sp³-hybridized carbons (Fsp3) is 0.417. The molecule has 114 valence electrons. The molecule has 2 aromatic rings. The zero-order valence-electron chi connectivity index (χ0n) is 11.1. The van der Waals surface area contributed by atoms with E-state index >= 15 is 0 Å². The maximum Gasteiger partial charge on any atom is 0.403 e. The van der Waals surface area contributed by atoms with Crippen LogP contribution in [0.4, 0.5) is 13.2 Å². The van der Waals surface area contributed by atoms with Crippen LogP contribution in [0.1, 0.15) is 10.4 Å². The number of thiophene rings is 1. The van der Waals surface area contributed by atoms with Crippen molar-refractivity contribution in [2.45, 2.75) is 26.6 Å². The van der Waals surface area contributed by atoms with Gasteiger partial charge in [0, 0.05) is 11.4 Å². The number of fused-ring (bicyclic) bond motifs is 1. The molecule has 1 unspecified atom stereocenters. The number of hydrogen-bond acceptors (Lipinski definition) is 4. The first-order valence-corrected chi connectivity index (χ1v) is 6.69. The molecule has 5 nitrogen and oxygen atoms in total. The largest absolute Gasteiger partial charge is 0.481 e. The first-order valence-electron chi connectivity index (χ1n) is 5.87. The fourth-order valence-electron chi connectivity index (χ4n) is 1.92. The molecule has 1 N–H and O–H groups in total. The van der Waals surface area contributed by atoms with Gasteiger partial charge in [0.1, 0.15) is 4.83 Å². The van der Waals surface area contributed by atoms with Gasteiger partial charge in [0.15, 0.2) is 5.92 Å². The Hall–Kier alpha value is -1.90. The lowest BCUT2D eigenvalue weighted by Crippen LogP contribution is -2.37. The normalized spacial score (nSPS) is 13.6. The Balaban J connectivity index is 2.53. The predicted molar refractivity (Wildman–Crippen MR) is 70.5 cm³/mol. The highest BCUT2D eigenvalue weighted by molar-refractivity contribution is 7.18. The van der Waals surface area contributed by atoms with Gasteiger partial charge in [-0.2, -0.15) is 13.2 Å². The standard InChI is InChI=1S/C12H11F3N2O3S/c1-5-6(2)21-9-8(5)10(18)17(4-16-9)3-7(11(19)20)12(13,14)15/h4,7H,3H2,1-2H3,(H,19,20). The summed E-state index contributed by atoms with van der Waals surface area (Å²) in [6.45, 7) is 2.47. The molecule has 0 aliphatic heterocycles. The molecule has 2 heterocycles. The molecule has 0 spiro atoms. The van der Waals surface area contributed by atoms with E-state index in [1.165, 1.54) is 11.3 Å². The van der Waals surface area contributed by atoms with Crippen LogP contribution in [-0.2, 0) is 11.3 Å². The number of halogens is 3. The van der Waals surface area contributed by atoms with Gasteiger partial charge in [-0.15, -0.1) is 11.3 Å². The van der Waals surface area contributed by atoms with E-state index in [1.54, 1.807) is 13.8 Å². The molecule has 0 fully saturated rings. The van der Waals surface area contributed by atoms with E-state index in [1.807, 2.05) is 0 Å². The number of alkyl halides is 3. The van der Waals surface area contributed by atoms with Crippen LogP contribution in [0, 0.1) is 19.8 Å². The number of nitrogens with zero attached hydrogens (tertiary/aromatic N) is 2. The number of aromatic nitrogens is 2. The predicted octanol–water partition coefficient (Wildman–Crippen LogP) is 2.34. The number of aryl methyl sites for hydroxylation is 2. The number of rotatable bonds is 3. The van der Waals surface area contributed by atoms with E-state index in [9.17, 15) is 22.8 Å². The van der Waals surface area contributed by atoms with Gasteiger partial charge in [-0.1, -0.05) is 0 Å². The third-order valence-electron chi connectivity index (χ3n) is 3.23. The summed E-state index contributed by atoms with van der Waals surface area (Å²) in [6.07, 6.45) is -3.97. The SMILES string of the molecule is Cc1sc2ncn(CC(C(=O)O)C(F)(F)F)c(=O)c2c1C. The lowest BCUT2D eigenvalue weighted by atomic mass is 10.1. The quantitative estimate of drug-likeness (QED) is 0.942. The van der Waals surface area contributed by atoms with Crippen LogP contribution >= 0.6 is 11.3 Å². The van der Waals surface area contributed by atoms with Crippen molar-refractivity contribution in [3.05, 3.63) is 27.1 Å². The van der Waals surface area contributed by atoms with Gasteiger partial charge in [0.2, 0.25) is 0 Å². The van der Waals surface area contributed by atoms with Crippen LogP contribution in [-0.4, -0.2) is 26.8 Å². The van der Waals surface area contributed by atoms with E-state index in [4.69, 9.17) is 5.11 Å². The summed E-state index contributed by atoms with van der Waals surface area (Å²) in [7, 11) is 0. The molecule has 2 aromatic heterocycles. The number of carbonyl (C=O) groups is 1. The lowest BCUT2D eigenvalue weighted by molar-refractivity contribution is -0.196. The van der Waals surface area contributed by atoms with Crippen molar-refractivity contribution < 1.29 is 23.1 Å². The van der Waals surface area contributed by atoms with Crippen LogP contribution in [0.25, 0.3) is 10.2 Å². The van der Waals surface area contributed by atoms with E-state index in [-0.39, 0.29) is 5.39 Å². The Kier molecular flexibility index (Phi) is 3.79. The number of hydrogen-bond donors (Lipinski definition) is 1. The minimum Gasteiger partial charge on any atom is -0.481 e. The number of carboxylic acids is 1. The lowest BCUT2D eigenvalue weighted by Gasteiger charge is -2.16. The second-order valence-corrected chi connectivity index (χ2v) is 5.80. The van der Waals surface area contributed by atoms with E-state index < -0.39 is 30.2 Å². The average molecular weight is 320 g/mol. The van der Waals surface area contributed by atoms with Crippen molar-refractivity contribution in [1.82, 2.24) is 9.55 Å². The molecule has 9 heteroatoms. The molecule has 0 saturated carbocycles. The maximum atomic E-state index is 12.7. The summed E-state index contributed by atoms with van der Waals surface area (Å²) < 4.78 is 38.7. The van der Waals surface area contributed by atoms with Crippen molar-refractivity contribution in [3.8, 4) is 0 Å². The van der Waals surface area contributed by atoms with Crippen molar-refractivity contribution >= 4 is 27.5 Å². The molecule has 0 aliphatic rings. The Morgan fingerprint density at radius 3 is 2.62 bits per heavy atom. The van der Waals surface area contributed by atoms with Crippen LogP contribution in [0.2, 0.25) is 0 Å². The second kappa shape index (κ2) is 5.14. The van der Waals surface area contributed by atoms with E-state index in [0.717, 1.165) is 11.2 Å². The van der Waals surface area contributed by atoms with Crippen molar-refractivity contribution in [3.63, 3.8) is 0 Å². The molecule has 0 bridgehead atoms. The van der Waals surface area contributed by atoms with Gasteiger partial charge in [-0.05, 0) is 19.4 Å². The summed E-state index contributed by atoms with van der Waals surface area (Å²) in [5, 5.41) is 8.92. The molecule has 0 aromatic carbocycles. The second-order valence-electron chi connectivity index (χ2n) is 4.60. The summed E-state index contributed by atoms with van der Waals surface area (Å²) >= 11 is 1.27. The topological polar surface area (TPSA) is 72.2 Å². The Morgan fingerprint density at radius 1 is 1.48 bits per heavy atom. The molecule has 0 amide bonds. The van der Waals surface area contributed by atoms with Gasteiger partial charge >= 0.3 is 12.1 Å². The van der Waals surface area contributed by atoms with Crippen LogP contribution in [0.3, 0.4) is 0 Å². The molecule has 1 atom stereocenters. The van der Waals surface area contributed by atoms with Gasteiger partial charge in [0.25, 0.3) is 5.56 Å². The van der Waals surface area contributed by atoms with Crippen LogP contribution < -0.4 is 5.56 Å². The van der Waals surface area contributed by atoms with Gasteiger partial charge in [-0.25, -0.2) is 4.98 Å². The van der Waals surface area contributed by atoms with E-state index in [0.29, 0.717) is 15.0 Å². The molecule has 0 aliphatic carbocycles. The number of aliphatic carboxylic acids is 1. The van der Waals surface area contributed by atoms with Crippen LogP contribution in [0.5, 0.6) is 0 Å². The summed E-state index contributed by atoms with van der Waals surface area (Å²) in [6, 6.07) is 0. The summed E-state index contributed by atoms with van der Waals surface area (Å²) in [4.78, 5) is 28.2. The highest BCUT2D eigenvalue weighted by Crippen LogP contribution is 2.29. The zero-order valence-corrected chi connectivity index (χ0v) is 11.9. The molecule has 2 rings (SSSR count). The van der Waals surface area contributed by atoms with Gasteiger partial charge in [0.05, 0.1) is 11.7 Å². The van der Waals surface area contributed by atoms with Gasteiger partial charge in [-0.3, -0.25) is 14.2 Å². The Labute approximate surface area is 120 Å². The maximum absolute atomic E-state index is 12.7.